The van der Waals surface area contributed by atoms with Crippen molar-refractivity contribution in [2.24, 2.45) is 0 Å². The standard InChI is InChI=1S/C20H20N2O/c23-19-11-5-4-9-17(19)15-22-14-13-21-12-6-10-18(21)20(22)16-7-2-1-3-8-16/h1-12,20,23H,13-15H2. The van der Waals surface area contributed by atoms with E-state index in [-0.39, 0.29) is 6.04 Å². The minimum Gasteiger partial charge on any atom is -0.508 e. The highest BCUT2D eigenvalue weighted by Gasteiger charge is 2.28. The van der Waals surface area contributed by atoms with Gasteiger partial charge in [-0.2, -0.15) is 0 Å². The number of hydrogen-bond donors (Lipinski definition) is 1. The number of aromatic hydroxyl groups is 1. The number of benzene rings is 2. The van der Waals surface area contributed by atoms with E-state index in [4.69, 9.17) is 0 Å². The SMILES string of the molecule is Oc1ccccc1CN1CCn2cccc2C1c1ccccc1. The van der Waals surface area contributed by atoms with E-state index in [1.807, 2.05) is 18.2 Å². The Morgan fingerprint density at radius 2 is 1.65 bits per heavy atom. The normalized spacial score (nSPS) is 17.8. The van der Waals surface area contributed by atoms with Gasteiger partial charge in [-0.05, 0) is 23.8 Å². The van der Waals surface area contributed by atoms with Crippen molar-refractivity contribution in [3.63, 3.8) is 0 Å². The Morgan fingerprint density at radius 3 is 2.48 bits per heavy atom. The van der Waals surface area contributed by atoms with Gasteiger partial charge in [0.1, 0.15) is 5.75 Å². The highest BCUT2D eigenvalue weighted by molar-refractivity contribution is 5.34. The minimum atomic E-state index is 0.222. The molecule has 0 bridgehead atoms. The second-order valence-corrected chi connectivity index (χ2v) is 6.04. The van der Waals surface area contributed by atoms with Gasteiger partial charge in [-0.15, -0.1) is 0 Å². The number of phenolic OH excluding ortho intramolecular Hbond substituents is 1. The molecular formula is C20H20N2O. The second-order valence-electron chi connectivity index (χ2n) is 6.04. The molecule has 0 aliphatic carbocycles. The molecule has 0 saturated heterocycles. The monoisotopic (exact) mass is 304 g/mol. The molecule has 1 atom stereocenters. The lowest BCUT2D eigenvalue weighted by atomic mass is 9.99. The van der Waals surface area contributed by atoms with Crippen molar-refractivity contribution < 1.29 is 5.11 Å². The summed E-state index contributed by atoms with van der Waals surface area (Å²) in [5, 5.41) is 10.1. The number of nitrogens with zero attached hydrogens (tertiary/aromatic N) is 2. The predicted molar refractivity (Wildman–Crippen MR) is 91.2 cm³/mol. The number of para-hydroxylation sites is 1. The molecule has 0 spiro atoms. The van der Waals surface area contributed by atoms with Crippen LogP contribution in [-0.2, 0) is 13.1 Å². The molecule has 23 heavy (non-hydrogen) atoms. The van der Waals surface area contributed by atoms with E-state index >= 15 is 0 Å². The third-order valence-corrected chi connectivity index (χ3v) is 4.62. The molecule has 3 nitrogen and oxygen atoms in total. The van der Waals surface area contributed by atoms with Crippen molar-refractivity contribution in [1.29, 1.82) is 0 Å². The molecule has 0 radical (unpaired) electrons. The van der Waals surface area contributed by atoms with Crippen molar-refractivity contribution >= 4 is 0 Å². The maximum atomic E-state index is 10.1. The Labute approximate surface area is 136 Å². The summed E-state index contributed by atoms with van der Waals surface area (Å²) in [6, 6.07) is 22.8. The van der Waals surface area contributed by atoms with Gasteiger partial charge in [0.15, 0.2) is 0 Å². The molecule has 1 aromatic heterocycles. The van der Waals surface area contributed by atoms with Crippen LogP contribution in [0.15, 0.2) is 72.9 Å². The highest BCUT2D eigenvalue weighted by atomic mass is 16.3. The van der Waals surface area contributed by atoms with Gasteiger partial charge in [-0.25, -0.2) is 0 Å². The largest absolute Gasteiger partial charge is 0.508 e. The van der Waals surface area contributed by atoms with Crippen LogP contribution in [0.5, 0.6) is 5.75 Å². The number of phenols is 1. The van der Waals surface area contributed by atoms with Crippen LogP contribution in [0.25, 0.3) is 0 Å². The summed E-state index contributed by atoms with van der Waals surface area (Å²) < 4.78 is 2.33. The topological polar surface area (TPSA) is 28.4 Å². The van der Waals surface area contributed by atoms with Crippen LogP contribution >= 0.6 is 0 Å². The predicted octanol–water partition coefficient (Wildman–Crippen LogP) is 3.80. The van der Waals surface area contributed by atoms with Crippen LogP contribution in [0, 0.1) is 0 Å². The average molecular weight is 304 g/mol. The fourth-order valence-corrected chi connectivity index (χ4v) is 3.48. The van der Waals surface area contributed by atoms with Crippen molar-refractivity contribution in [1.82, 2.24) is 9.47 Å². The van der Waals surface area contributed by atoms with Crippen LogP contribution < -0.4 is 0 Å². The van der Waals surface area contributed by atoms with E-state index in [9.17, 15) is 5.11 Å². The molecule has 1 aliphatic heterocycles. The van der Waals surface area contributed by atoms with Gasteiger partial charge in [-0.1, -0.05) is 48.5 Å². The summed E-state index contributed by atoms with van der Waals surface area (Å²) in [5.41, 5.74) is 3.59. The lowest BCUT2D eigenvalue weighted by Gasteiger charge is -2.37. The molecular weight excluding hydrogens is 284 g/mol. The molecule has 0 fully saturated rings. The summed E-state index contributed by atoms with van der Waals surface area (Å²) in [7, 11) is 0. The van der Waals surface area contributed by atoms with Crippen LogP contribution in [0.2, 0.25) is 0 Å². The Balaban J connectivity index is 1.72. The van der Waals surface area contributed by atoms with Gasteiger partial charge in [0.2, 0.25) is 0 Å². The van der Waals surface area contributed by atoms with E-state index < -0.39 is 0 Å². The van der Waals surface area contributed by atoms with E-state index in [2.05, 4.69) is 58.1 Å². The first kappa shape index (κ1) is 14.1. The summed E-state index contributed by atoms with van der Waals surface area (Å²) in [4.78, 5) is 2.44. The zero-order chi connectivity index (χ0) is 15.6. The summed E-state index contributed by atoms with van der Waals surface area (Å²) in [5.74, 6) is 0.375. The Hall–Kier alpha value is -2.52. The lowest BCUT2D eigenvalue weighted by Crippen LogP contribution is -2.37. The Kier molecular flexibility index (Phi) is 3.64. The van der Waals surface area contributed by atoms with Crippen LogP contribution in [0.1, 0.15) is 22.9 Å². The summed E-state index contributed by atoms with van der Waals surface area (Å²) in [6.45, 7) is 2.70. The zero-order valence-corrected chi connectivity index (χ0v) is 13.0. The van der Waals surface area contributed by atoms with Crippen LogP contribution in [0.3, 0.4) is 0 Å². The summed E-state index contributed by atoms with van der Waals surface area (Å²) >= 11 is 0. The molecule has 4 rings (SSSR count). The maximum absolute atomic E-state index is 10.1. The molecule has 3 aromatic rings. The number of aromatic nitrogens is 1. The van der Waals surface area contributed by atoms with E-state index in [1.165, 1.54) is 11.3 Å². The Bertz CT molecular complexity index is 794. The third kappa shape index (κ3) is 2.64. The van der Waals surface area contributed by atoms with Crippen LogP contribution in [0.4, 0.5) is 0 Å². The minimum absolute atomic E-state index is 0.222. The molecule has 2 heterocycles. The molecule has 1 N–H and O–H groups in total. The molecule has 2 aromatic carbocycles. The van der Waals surface area contributed by atoms with E-state index in [0.29, 0.717) is 5.75 Å². The number of rotatable bonds is 3. The molecule has 0 amide bonds. The first-order chi connectivity index (χ1) is 11.3. The van der Waals surface area contributed by atoms with Crippen molar-refractivity contribution in [2.45, 2.75) is 19.1 Å². The Morgan fingerprint density at radius 1 is 0.870 bits per heavy atom. The summed E-state index contributed by atoms with van der Waals surface area (Å²) in [6.07, 6.45) is 2.16. The first-order valence-electron chi connectivity index (χ1n) is 8.04. The van der Waals surface area contributed by atoms with Crippen molar-refractivity contribution in [2.75, 3.05) is 6.54 Å². The molecule has 1 unspecified atom stereocenters. The number of hydrogen-bond acceptors (Lipinski definition) is 2. The smallest absolute Gasteiger partial charge is 0.120 e. The van der Waals surface area contributed by atoms with Gasteiger partial charge >= 0.3 is 0 Å². The van der Waals surface area contributed by atoms with Gasteiger partial charge in [0.25, 0.3) is 0 Å². The molecule has 3 heteroatoms. The van der Waals surface area contributed by atoms with Gasteiger partial charge < -0.3 is 9.67 Å². The fourth-order valence-electron chi connectivity index (χ4n) is 3.48. The van der Waals surface area contributed by atoms with Gasteiger partial charge in [0.05, 0.1) is 6.04 Å². The second kappa shape index (κ2) is 5.94. The first-order valence-corrected chi connectivity index (χ1v) is 8.04. The maximum Gasteiger partial charge on any atom is 0.120 e. The molecule has 0 saturated carbocycles. The lowest BCUT2D eigenvalue weighted by molar-refractivity contribution is 0.173. The third-order valence-electron chi connectivity index (χ3n) is 4.62. The quantitative estimate of drug-likeness (QED) is 0.797. The van der Waals surface area contributed by atoms with Crippen molar-refractivity contribution in [3.05, 3.63) is 89.7 Å². The van der Waals surface area contributed by atoms with E-state index in [1.54, 1.807) is 6.07 Å². The number of fused-ring (bicyclic) bond motifs is 1. The highest BCUT2D eigenvalue weighted by Crippen LogP contribution is 2.34. The van der Waals surface area contributed by atoms with Crippen LogP contribution in [-0.4, -0.2) is 21.1 Å². The van der Waals surface area contributed by atoms with Gasteiger partial charge in [0, 0.05) is 37.1 Å². The van der Waals surface area contributed by atoms with E-state index in [0.717, 1.165) is 25.2 Å². The molecule has 116 valence electrons. The van der Waals surface area contributed by atoms with Gasteiger partial charge in [-0.3, -0.25) is 4.90 Å². The zero-order valence-electron chi connectivity index (χ0n) is 13.0. The van der Waals surface area contributed by atoms with Crippen molar-refractivity contribution in [3.8, 4) is 5.75 Å². The molecule has 1 aliphatic rings. The fraction of sp³-hybridized carbons (Fsp3) is 0.200. The average Bonchev–Trinajstić information content (AvgIpc) is 3.06.